The predicted molar refractivity (Wildman–Crippen MR) is 349 cm³/mol. The van der Waals surface area contributed by atoms with E-state index in [1.54, 1.807) is 0 Å². The quantitative estimate of drug-likeness (QED) is 0.0169. The fourth-order valence-corrected chi connectivity index (χ4v) is 11.4. The fourth-order valence-electron chi connectivity index (χ4n) is 9.80. The number of aliphatic hydroxyl groups excluding tert-OH is 1. The maximum absolute atomic E-state index is 13.0. The van der Waals surface area contributed by atoms with Crippen LogP contribution in [0, 0.1) is 0 Å². The summed E-state index contributed by atoms with van der Waals surface area (Å²) in [6.07, 6.45) is 53.3. The molecule has 0 saturated heterocycles. The normalized spacial score (nSPS) is 14.2. The van der Waals surface area contributed by atoms with Crippen LogP contribution in [0.2, 0.25) is 0 Å². The maximum atomic E-state index is 13.0. The maximum Gasteiger partial charge on any atom is 0.472 e. The second-order valence-electron chi connectivity index (χ2n) is 23.9. The van der Waals surface area contributed by atoms with Crippen molar-refractivity contribution in [1.82, 2.24) is 0 Å². The van der Waals surface area contributed by atoms with Crippen LogP contribution in [-0.2, 0) is 65.4 Å². The molecule has 0 aliphatic heterocycles. The summed E-state index contributed by atoms with van der Waals surface area (Å²) in [5, 5.41) is 10.5. The van der Waals surface area contributed by atoms with Gasteiger partial charge in [0.25, 0.3) is 0 Å². The molecule has 87 heavy (non-hydrogen) atoms. The van der Waals surface area contributed by atoms with Crippen LogP contribution in [-0.4, -0.2) is 96.7 Å². The zero-order valence-corrected chi connectivity index (χ0v) is 57.3. The number of ether oxygens (including phenoxy) is 4. The molecule has 512 valence electrons. The molecule has 3 N–H and O–H groups in total. The van der Waals surface area contributed by atoms with Gasteiger partial charge in [-0.3, -0.25) is 37.3 Å². The van der Waals surface area contributed by atoms with E-state index in [2.05, 4.69) is 52.0 Å². The Morgan fingerprint density at radius 3 is 0.839 bits per heavy atom. The van der Waals surface area contributed by atoms with Crippen LogP contribution < -0.4 is 0 Å². The van der Waals surface area contributed by atoms with Gasteiger partial charge in [0.05, 0.1) is 26.4 Å². The molecule has 5 atom stereocenters. The van der Waals surface area contributed by atoms with E-state index in [-0.39, 0.29) is 25.7 Å². The van der Waals surface area contributed by atoms with Gasteiger partial charge in [-0.05, 0) is 51.4 Å². The highest BCUT2D eigenvalue weighted by atomic mass is 31.2. The lowest BCUT2D eigenvalue weighted by atomic mass is 10.0. The molecular formula is C68H128O17P2. The van der Waals surface area contributed by atoms with Crippen LogP contribution in [0.15, 0.2) is 24.3 Å². The van der Waals surface area contributed by atoms with Crippen molar-refractivity contribution in [3.05, 3.63) is 24.3 Å². The van der Waals surface area contributed by atoms with E-state index in [1.165, 1.54) is 135 Å². The van der Waals surface area contributed by atoms with Crippen LogP contribution in [0.25, 0.3) is 0 Å². The third kappa shape index (κ3) is 62.1. The topological polar surface area (TPSA) is 237 Å². The highest BCUT2D eigenvalue weighted by molar-refractivity contribution is 7.47. The summed E-state index contributed by atoms with van der Waals surface area (Å²) in [5.74, 6) is -2.18. The molecule has 2 unspecified atom stereocenters. The van der Waals surface area contributed by atoms with E-state index < -0.39 is 97.5 Å². The third-order valence-corrected chi connectivity index (χ3v) is 17.1. The van der Waals surface area contributed by atoms with Gasteiger partial charge in [-0.2, -0.15) is 0 Å². The highest BCUT2D eigenvalue weighted by Gasteiger charge is 2.30. The fraction of sp³-hybridized carbons (Fsp3) is 0.882. The molecule has 0 aromatic heterocycles. The molecule has 17 nitrogen and oxygen atoms in total. The molecule has 0 amide bonds. The first-order valence-corrected chi connectivity index (χ1v) is 38.1. The number of unbranched alkanes of at least 4 members (excludes halogenated alkanes) is 38. The number of carbonyl (C=O) groups excluding carboxylic acids is 4. The van der Waals surface area contributed by atoms with Crippen molar-refractivity contribution in [1.29, 1.82) is 0 Å². The Kier molecular flexibility index (Phi) is 60.6. The van der Waals surface area contributed by atoms with E-state index in [1.807, 2.05) is 0 Å². The number of carbonyl (C=O) groups is 4. The summed E-state index contributed by atoms with van der Waals surface area (Å²) in [7, 11) is -9.88. The smallest absolute Gasteiger partial charge is 0.462 e. The Labute approximate surface area is 529 Å². The minimum absolute atomic E-state index is 0.0968. The summed E-state index contributed by atoms with van der Waals surface area (Å²) >= 11 is 0. The van der Waals surface area contributed by atoms with Crippen molar-refractivity contribution in [2.45, 2.75) is 348 Å². The summed E-state index contributed by atoms with van der Waals surface area (Å²) < 4.78 is 67.6. The zero-order valence-electron chi connectivity index (χ0n) is 55.5. The van der Waals surface area contributed by atoms with E-state index in [4.69, 9.17) is 37.0 Å². The third-order valence-electron chi connectivity index (χ3n) is 15.2. The van der Waals surface area contributed by atoms with Gasteiger partial charge in [-0.1, -0.05) is 277 Å². The predicted octanol–water partition coefficient (Wildman–Crippen LogP) is 19.1. The van der Waals surface area contributed by atoms with Gasteiger partial charge < -0.3 is 33.8 Å². The van der Waals surface area contributed by atoms with E-state index in [9.17, 15) is 43.2 Å². The van der Waals surface area contributed by atoms with Crippen molar-refractivity contribution >= 4 is 39.5 Å². The number of phosphoric ester groups is 2. The Balaban J connectivity index is 5.06. The van der Waals surface area contributed by atoms with Crippen LogP contribution >= 0.6 is 15.6 Å². The van der Waals surface area contributed by atoms with Crippen molar-refractivity contribution in [2.24, 2.45) is 0 Å². The summed E-state index contributed by atoms with van der Waals surface area (Å²) in [5.41, 5.74) is 0. The first kappa shape index (κ1) is 84.5. The lowest BCUT2D eigenvalue weighted by molar-refractivity contribution is -0.161. The van der Waals surface area contributed by atoms with Crippen LogP contribution in [0.4, 0.5) is 0 Å². The monoisotopic (exact) mass is 1280 g/mol. The first-order chi connectivity index (χ1) is 42.2. The molecule has 0 aromatic carbocycles. The van der Waals surface area contributed by atoms with Crippen LogP contribution in [0.5, 0.6) is 0 Å². The Hall–Kier alpha value is -2.46. The Bertz CT molecular complexity index is 1760. The number of allylic oxidation sites excluding steroid dienone is 4. The Morgan fingerprint density at radius 1 is 0.322 bits per heavy atom. The molecule has 0 spiro atoms. The molecular weight excluding hydrogens is 1150 g/mol. The van der Waals surface area contributed by atoms with E-state index in [0.717, 1.165) is 116 Å². The van der Waals surface area contributed by atoms with Gasteiger partial charge in [0, 0.05) is 25.7 Å². The summed E-state index contributed by atoms with van der Waals surface area (Å²) in [6, 6.07) is 0. The molecule has 0 heterocycles. The molecule has 0 fully saturated rings. The van der Waals surface area contributed by atoms with Crippen molar-refractivity contribution in [3.63, 3.8) is 0 Å². The number of rotatable bonds is 67. The van der Waals surface area contributed by atoms with E-state index >= 15 is 0 Å². The van der Waals surface area contributed by atoms with Crippen molar-refractivity contribution in [3.8, 4) is 0 Å². The van der Waals surface area contributed by atoms with Gasteiger partial charge in [-0.15, -0.1) is 0 Å². The van der Waals surface area contributed by atoms with Gasteiger partial charge >= 0.3 is 39.5 Å². The number of phosphoric acid groups is 2. The van der Waals surface area contributed by atoms with E-state index in [0.29, 0.717) is 25.7 Å². The van der Waals surface area contributed by atoms with Crippen LogP contribution in [0.3, 0.4) is 0 Å². The summed E-state index contributed by atoms with van der Waals surface area (Å²) in [4.78, 5) is 71.8. The van der Waals surface area contributed by atoms with Crippen LogP contribution in [0.1, 0.15) is 329 Å². The van der Waals surface area contributed by atoms with Gasteiger partial charge in [0.2, 0.25) is 0 Å². The van der Waals surface area contributed by atoms with Gasteiger partial charge in [-0.25, -0.2) is 9.13 Å². The zero-order chi connectivity index (χ0) is 64.0. The SMILES string of the molecule is CCCCCC/C=C\C=C/CCCCCCCC(=O)OC[C@H](COP(=O)(O)OC[C@@H](O)COP(=O)(O)OC[C@@H](COC(=O)CCCCCCC)OC(=O)CCCCCCC)OC(=O)CCCCCCCCCCCCCCCCCCCCCCCC. The molecule has 0 aliphatic carbocycles. The average Bonchev–Trinajstić information content (AvgIpc) is 3.68. The number of aliphatic hydroxyl groups is 1. The average molecular weight is 1280 g/mol. The number of hydrogen-bond donors (Lipinski definition) is 3. The minimum Gasteiger partial charge on any atom is -0.462 e. The Morgan fingerprint density at radius 2 is 0.552 bits per heavy atom. The largest absolute Gasteiger partial charge is 0.472 e. The van der Waals surface area contributed by atoms with Gasteiger partial charge in [0.15, 0.2) is 12.2 Å². The standard InChI is InChI=1S/C68H128O17P2/c1-5-9-13-17-19-21-23-25-27-28-29-30-31-32-33-35-37-39-41-43-47-51-55-68(73)85-64(59-79-66(71)53-49-46-42-40-38-36-34-26-24-22-20-18-14-10-6-2)61-83-87(76,77)81-57-62(69)56-80-86(74,75)82-60-63(84-67(72)54-50-45-16-12-8-4)58-78-65(70)52-48-44-15-11-7-3/h22,24,26,34,62-64,69H,5-21,23,25,27-33,35-61H2,1-4H3,(H,74,75)(H,76,77)/b24-22-,34-26-/t62-,63+,64+/m0/s1. The molecule has 0 rings (SSSR count). The molecule has 0 aliphatic rings. The van der Waals surface area contributed by atoms with Crippen molar-refractivity contribution in [2.75, 3.05) is 39.6 Å². The number of hydrogen-bond acceptors (Lipinski definition) is 15. The lowest BCUT2D eigenvalue weighted by Gasteiger charge is -2.21. The molecule has 0 bridgehead atoms. The molecule has 19 heteroatoms. The second kappa shape index (κ2) is 62.4. The van der Waals surface area contributed by atoms with Crippen molar-refractivity contribution < 1.29 is 80.2 Å². The number of esters is 4. The summed E-state index contributed by atoms with van der Waals surface area (Å²) in [6.45, 7) is 4.66. The first-order valence-electron chi connectivity index (χ1n) is 35.1. The second-order valence-corrected chi connectivity index (χ2v) is 26.8. The lowest BCUT2D eigenvalue weighted by Crippen LogP contribution is -2.30. The highest BCUT2D eigenvalue weighted by Crippen LogP contribution is 2.45. The van der Waals surface area contributed by atoms with Gasteiger partial charge in [0.1, 0.15) is 19.3 Å². The molecule has 0 saturated carbocycles. The molecule has 0 aromatic rings. The minimum atomic E-state index is -4.95. The molecule has 0 radical (unpaired) electrons.